The maximum absolute atomic E-state index is 12.7. The number of rotatable bonds is 7. The molecule has 0 fully saturated rings. The van der Waals surface area contributed by atoms with Crippen LogP contribution in [-0.4, -0.2) is 43.3 Å². The molecule has 2 amide bonds. The zero-order valence-corrected chi connectivity index (χ0v) is 18.0. The second-order valence-electron chi connectivity index (χ2n) is 8.44. The highest BCUT2D eigenvalue weighted by Crippen LogP contribution is 2.19. The van der Waals surface area contributed by atoms with Crippen molar-refractivity contribution in [2.75, 3.05) is 25.0 Å². The molecular formula is C21H35N3O3. The van der Waals surface area contributed by atoms with Crippen molar-refractivity contribution >= 4 is 17.7 Å². The van der Waals surface area contributed by atoms with E-state index in [2.05, 4.69) is 22.5 Å². The van der Waals surface area contributed by atoms with Gasteiger partial charge in [-0.25, -0.2) is 4.79 Å². The van der Waals surface area contributed by atoms with Crippen LogP contribution in [0.2, 0.25) is 0 Å². The smallest absolute Gasteiger partial charge is 0.407 e. The third kappa shape index (κ3) is 7.12. The van der Waals surface area contributed by atoms with Gasteiger partial charge in [0.05, 0.1) is 5.54 Å². The standard InChI is InChI=1S/C21H35N3O3/c1-9-24(8)17-12-10-16(11-13-17)18(25)23-21(7,15(2)3)14-22-19(26)27-20(4,5)6/h10-13,15H,9,14H2,1-8H3,(H,22,26)(H,23,25). The quantitative estimate of drug-likeness (QED) is 0.758. The summed E-state index contributed by atoms with van der Waals surface area (Å²) in [5.41, 5.74) is 0.488. The minimum atomic E-state index is -0.604. The normalized spacial score (nSPS) is 13.7. The molecule has 0 radical (unpaired) electrons. The number of alkyl carbamates (subject to hydrolysis) is 1. The van der Waals surface area contributed by atoms with E-state index < -0.39 is 17.2 Å². The topological polar surface area (TPSA) is 70.7 Å². The van der Waals surface area contributed by atoms with Crippen LogP contribution in [0.3, 0.4) is 0 Å². The number of ether oxygens (including phenoxy) is 1. The molecule has 27 heavy (non-hydrogen) atoms. The Kier molecular flexibility index (Phi) is 7.69. The van der Waals surface area contributed by atoms with Crippen molar-refractivity contribution in [1.82, 2.24) is 10.6 Å². The molecule has 1 aromatic carbocycles. The van der Waals surface area contributed by atoms with Crippen LogP contribution < -0.4 is 15.5 Å². The Morgan fingerprint density at radius 1 is 1.11 bits per heavy atom. The van der Waals surface area contributed by atoms with E-state index in [0.29, 0.717) is 5.56 Å². The molecule has 0 aromatic heterocycles. The maximum atomic E-state index is 12.7. The van der Waals surface area contributed by atoms with E-state index in [4.69, 9.17) is 4.74 Å². The summed E-state index contributed by atoms with van der Waals surface area (Å²) in [7, 11) is 2.01. The summed E-state index contributed by atoms with van der Waals surface area (Å²) in [5.74, 6) is -0.0511. The summed E-state index contributed by atoms with van der Waals surface area (Å²) in [5, 5.41) is 5.83. The Hall–Kier alpha value is -2.24. The number of nitrogens with zero attached hydrogens (tertiary/aromatic N) is 1. The molecule has 1 aromatic rings. The summed E-state index contributed by atoms with van der Waals surface area (Å²) in [6.45, 7) is 14.6. The molecule has 0 aliphatic carbocycles. The first-order valence-electron chi connectivity index (χ1n) is 9.48. The third-order valence-electron chi connectivity index (χ3n) is 4.72. The molecule has 152 valence electrons. The molecule has 6 heteroatoms. The summed E-state index contributed by atoms with van der Waals surface area (Å²) in [6.07, 6.45) is -0.490. The SMILES string of the molecule is CCN(C)c1ccc(C(=O)NC(C)(CNC(=O)OC(C)(C)C)C(C)C)cc1. The molecule has 6 nitrogen and oxygen atoms in total. The largest absolute Gasteiger partial charge is 0.444 e. The summed E-state index contributed by atoms with van der Waals surface area (Å²) >= 11 is 0. The van der Waals surface area contributed by atoms with Crippen molar-refractivity contribution in [1.29, 1.82) is 0 Å². The number of benzene rings is 1. The molecule has 0 spiro atoms. The highest BCUT2D eigenvalue weighted by molar-refractivity contribution is 5.95. The number of carbonyl (C=O) groups is 2. The van der Waals surface area contributed by atoms with Gasteiger partial charge in [-0.15, -0.1) is 0 Å². The fraction of sp³-hybridized carbons (Fsp3) is 0.619. The van der Waals surface area contributed by atoms with Gasteiger partial charge in [-0.1, -0.05) is 13.8 Å². The van der Waals surface area contributed by atoms with Gasteiger partial charge in [0, 0.05) is 31.4 Å². The van der Waals surface area contributed by atoms with Gasteiger partial charge in [-0.05, 0) is 64.8 Å². The highest BCUT2D eigenvalue weighted by atomic mass is 16.6. The lowest BCUT2D eigenvalue weighted by Gasteiger charge is -2.35. The number of amides is 2. The van der Waals surface area contributed by atoms with E-state index in [1.54, 1.807) is 0 Å². The summed E-state index contributed by atoms with van der Waals surface area (Å²) in [4.78, 5) is 26.8. The molecule has 0 saturated carbocycles. The zero-order valence-electron chi connectivity index (χ0n) is 18.0. The van der Waals surface area contributed by atoms with E-state index in [1.807, 2.05) is 72.9 Å². The molecule has 1 rings (SSSR count). The molecule has 1 unspecified atom stereocenters. The van der Waals surface area contributed by atoms with Crippen LogP contribution in [0.1, 0.15) is 58.8 Å². The van der Waals surface area contributed by atoms with Crippen molar-refractivity contribution in [3.05, 3.63) is 29.8 Å². The lowest BCUT2D eigenvalue weighted by Crippen LogP contribution is -2.57. The average Bonchev–Trinajstić information content (AvgIpc) is 2.57. The van der Waals surface area contributed by atoms with E-state index >= 15 is 0 Å². The van der Waals surface area contributed by atoms with Gasteiger partial charge in [0.15, 0.2) is 0 Å². The predicted octanol–water partition coefficient (Wildman–Crippen LogP) is 3.81. The van der Waals surface area contributed by atoms with Gasteiger partial charge in [0.2, 0.25) is 0 Å². The molecule has 0 aliphatic rings. The number of nitrogens with one attached hydrogen (secondary N) is 2. The molecule has 0 saturated heterocycles. The Morgan fingerprint density at radius 3 is 2.11 bits per heavy atom. The average molecular weight is 378 g/mol. The molecule has 2 N–H and O–H groups in total. The predicted molar refractivity (Wildman–Crippen MR) is 110 cm³/mol. The lowest BCUT2D eigenvalue weighted by molar-refractivity contribution is 0.0497. The highest BCUT2D eigenvalue weighted by Gasteiger charge is 2.31. The van der Waals surface area contributed by atoms with E-state index in [9.17, 15) is 9.59 Å². The van der Waals surface area contributed by atoms with Crippen molar-refractivity contribution in [2.24, 2.45) is 5.92 Å². The summed E-state index contributed by atoms with van der Waals surface area (Å²) in [6, 6.07) is 7.51. The summed E-state index contributed by atoms with van der Waals surface area (Å²) < 4.78 is 5.28. The van der Waals surface area contributed by atoms with Gasteiger partial charge in [-0.3, -0.25) is 4.79 Å². The van der Waals surface area contributed by atoms with Gasteiger partial charge in [-0.2, -0.15) is 0 Å². The first kappa shape index (κ1) is 22.8. The van der Waals surface area contributed by atoms with E-state index in [-0.39, 0.29) is 18.4 Å². The number of hydrogen-bond acceptors (Lipinski definition) is 4. The van der Waals surface area contributed by atoms with Crippen molar-refractivity contribution < 1.29 is 14.3 Å². The second kappa shape index (κ2) is 9.11. The van der Waals surface area contributed by atoms with Gasteiger partial charge >= 0.3 is 6.09 Å². The first-order chi connectivity index (χ1) is 12.4. The van der Waals surface area contributed by atoms with Crippen LogP contribution in [-0.2, 0) is 4.74 Å². The number of carbonyl (C=O) groups excluding carboxylic acids is 2. The van der Waals surface area contributed by atoms with Crippen LogP contribution in [0.15, 0.2) is 24.3 Å². The second-order valence-corrected chi connectivity index (χ2v) is 8.44. The Balaban J connectivity index is 2.80. The number of hydrogen-bond donors (Lipinski definition) is 2. The maximum Gasteiger partial charge on any atom is 0.407 e. The van der Waals surface area contributed by atoms with Crippen LogP contribution in [0, 0.1) is 5.92 Å². The third-order valence-corrected chi connectivity index (χ3v) is 4.72. The Bertz CT molecular complexity index is 635. The van der Waals surface area contributed by atoms with Crippen LogP contribution in [0.4, 0.5) is 10.5 Å². The minimum absolute atomic E-state index is 0.113. The van der Waals surface area contributed by atoms with Crippen LogP contribution >= 0.6 is 0 Å². The van der Waals surface area contributed by atoms with Gasteiger partial charge < -0.3 is 20.3 Å². The molecular weight excluding hydrogens is 342 g/mol. The first-order valence-corrected chi connectivity index (χ1v) is 9.48. The molecule has 1 atom stereocenters. The van der Waals surface area contributed by atoms with Crippen molar-refractivity contribution in [2.45, 2.75) is 59.6 Å². The fourth-order valence-corrected chi connectivity index (χ4v) is 2.34. The minimum Gasteiger partial charge on any atom is -0.444 e. The lowest BCUT2D eigenvalue weighted by atomic mass is 9.88. The zero-order chi connectivity index (χ0) is 20.8. The molecule has 0 bridgehead atoms. The van der Waals surface area contributed by atoms with Gasteiger partial charge in [0.25, 0.3) is 5.91 Å². The van der Waals surface area contributed by atoms with Crippen LogP contribution in [0.25, 0.3) is 0 Å². The Morgan fingerprint density at radius 2 is 1.67 bits per heavy atom. The monoisotopic (exact) mass is 377 g/mol. The number of anilines is 1. The Labute approximate surface area is 163 Å². The molecule has 0 aliphatic heterocycles. The van der Waals surface area contributed by atoms with Crippen molar-refractivity contribution in [3.8, 4) is 0 Å². The van der Waals surface area contributed by atoms with Crippen molar-refractivity contribution in [3.63, 3.8) is 0 Å². The molecule has 0 heterocycles. The fourth-order valence-electron chi connectivity index (χ4n) is 2.34. The van der Waals surface area contributed by atoms with E-state index in [1.165, 1.54) is 0 Å². The van der Waals surface area contributed by atoms with Gasteiger partial charge in [0.1, 0.15) is 5.60 Å². The van der Waals surface area contributed by atoms with E-state index in [0.717, 1.165) is 12.2 Å². The van der Waals surface area contributed by atoms with Crippen LogP contribution in [0.5, 0.6) is 0 Å².